The molecule has 0 atom stereocenters. The quantitative estimate of drug-likeness (QED) is 0.803. The van der Waals surface area contributed by atoms with Crippen LogP contribution < -0.4 is 10.6 Å². The van der Waals surface area contributed by atoms with Crippen molar-refractivity contribution in [2.75, 3.05) is 24.2 Å². The van der Waals surface area contributed by atoms with Crippen molar-refractivity contribution in [3.63, 3.8) is 0 Å². The summed E-state index contributed by atoms with van der Waals surface area (Å²) in [4.78, 5) is 11.0. The number of halogens is 1. The van der Waals surface area contributed by atoms with Gasteiger partial charge in [-0.2, -0.15) is 10.1 Å². The van der Waals surface area contributed by atoms with E-state index in [-0.39, 0.29) is 5.82 Å². The normalized spacial score (nSPS) is 11.1. The lowest BCUT2D eigenvalue weighted by Gasteiger charge is -2.15. The van der Waals surface area contributed by atoms with Crippen LogP contribution in [0, 0.1) is 5.82 Å². The molecule has 114 valence electrons. The van der Waals surface area contributed by atoms with Gasteiger partial charge in [-0.1, -0.05) is 0 Å². The number of rotatable bonds is 3. The molecule has 0 radical (unpaired) electrons. The fourth-order valence-electron chi connectivity index (χ4n) is 2.23. The number of aryl methyl sites for hydroxylation is 1. The number of aromatic nitrogens is 4. The van der Waals surface area contributed by atoms with Gasteiger partial charge < -0.3 is 10.6 Å². The summed E-state index contributed by atoms with van der Waals surface area (Å²) in [5, 5.41) is 5.02. The molecule has 2 N–H and O–H groups in total. The zero-order valence-corrected chi connectivity index (χ0v) is 12.7. The van der Waals surface area contributed by atoms with E-state index >= 15 is 0 Å². The van der Waals surface area contributed by atoms with E-state index < -0.39 is 0 Å². The Labute approximate surface area is 127 Å². The number of nitrogens with two attached hydrogens (primary N) is 1. The fourth-order valence-corrected chi connectivity index (χ4v) is 2.23. The molecule has 2 heterocycles. The van der Waals surface area contributed by atoms with Gasteiger partial charge in [0, 0.05) is 26.2 Å². The summed E-state index contributed by atoms with van der Waals surface area (Å²) in [7, 11) is 3.66. The fraction of sp³-hybridized carbons (Fsp3) is 0.267. The van der Waals surface area contributed by atoms with Crippen molar-refractivity contribution in [2.24, 2.45) is 7.05 Å². The average Bonchev–Trinajstić information content (AvgIpc) is 2.81. The molecular formula is C15H17FN6. The summed E-state index contributed by atoms with van der Waals surface area (Å²) in [6.45, 7) is 2.77. The maximum absolute atomic E-state index is 13.2. The monoisotopic (exact) mass is 300 g/mol. The standard InChI is InChI=1S/C15H17FN6/c1-4-21(2)15-18-12(9-5-7-10(16)8-6-9)11-13(17)22(3)20-14(11)19-15/h5-8H,4,17H2,1-3H3. The maximum Gasteiger partial charge on any atom is 0.227 e. The highest BCUT2D eigenvalue weighted by atomic mass is 19.1. The first-order valence-corrected chi connectivity index (χ1v) is 6.98. The van der Waals surface area contributed by atoms with Crippen LogP contribution in [0.15, 0.2) is 24.3 Å². The SMILES string of the molecule is CCN(C)c1nc(-c2ccc(F)cc2)c2c(N)n(C)nc2n1. The third-order valence-corrected chi connectivity index (χ3v) is 3.66. The van der Waals surface area contributed by atoms with E-state index in [0.29, 0.717) is 28.5 Å². The first-order chi connectivity index (χ1) is 10.5. The Morgan fingerprint density at radius 3 is 2.55 bits per heavy atom. The van der Waals surface area contributed by atoms with Crippen molar-refractivity contribution in [3.05, 3.63) is 30.1 Å². The molecule has 0 aliphatic heterocycles. The zero-order chi connectivity index (χ0) is 15.9. The number of nitrogen functional groups attached to an aromatic ring is 1. The third-order valence-electron chi connectivity index (χ3n) is 3.66. The molecule has 0 aliphatic rings. The van der Waals surface area contributed by atoms with Gasteiger partial charge in [-0.3, -0.25) is 4.68 Å². The van der Waals surface area contributed by atoms with Gasteiger partial charge in [-0.25, -0.2) is 9.37 Å². The number of nitrogens with zero attached hydrogens (tertiary/aromatic N) is 5. The Kier molecular flexibility index (Phi) is 3.40. The summed E-state index contributed by atoms with van der Waals surface area (Å²) in [6.07, 6.45) is 0. The highest BCUT2D eigenvalue weighted by Gasteiger charge is 2.18. The molecule has 0 fully saturated rings. The molecule has 7 heteroatoms. The van der Waals surface area contributed by atoms with Crippen LogP contribution in [0.3, 0.4) is 0 Å². The van der Waals surface area contributed by atoms with Gasteiger partial charge in [0.05, 0.1) is 11.1 Å². The van der Waals surface area contributed by atoms with Gasteiger partial charge in [0.25, 0.3) is 0 Å². The molecule has 0 unspecified atom stereocenters. The van der Waals surface area contributed by atoms with Crippen LogP contribution in [0.25, 0.3) is 22.3 Å². The molecule has 0 spiro atoms. The van der Waals surface area contributed by atoms with Crippen LogP contribution in [0.2, 0.25) is 0 Å². The van der Waals surface area contributed by atoms with Gasteiger partial charge in [0.1, 0.15) is 11.6 Å². The Morgan fingerprint density at radius 1 is 1.23 bits per heavy atom. The number of hydrogen-bond acceptors (Lipinski definition) is 5. The van der Waals surface area contributed by atoms with E-state index in [2.05, 4.69) is 15.1 Å². The second-order valence-corrected chi connectivity index (χ2v) is 5.10. The summed E-state index contributed by atoms with van der Waals surface area (Å²) in [6, 6.07) is 6.16. The van der Waals surface area contributed by atoms with Crippen LogP contribution in [0.5, 0.6) is 0 Å². The molecule has 6 nitrogen and oxygen atoms in total. The number of hydrogen-bond donors (Lipinski definition) is 1. The molecule has 2 aromatic heterocycles. The third kappa shape index (κ3) is 2.24. The lowest BCUT2D eigenvalue weighted by Crippen LogP contribution is -2.19. The van der Waals surface area contributed by atoms with Gasteiger partial charge in [-0.05, 0) is 31.2 Å². The van der Waals surface area contributed by atoms with Gasteiger partial charge >= 0.3 is 0 Å². The minimum Gasteiger partial charge on any atom is -0.383 e. The van der Waals surface area contributed by atoms with E-state index in [1.54, 1.807) is 23.9 Å². The highest BCUT2D eigenvalue weighted by molar-refractivity contribution is 5.98. The largest absolute Gasteiger partial charge is 0.383 e. The lowest BCUT2D eigenvalue weighted by atomic mass is 10.1. The predicted octanol–water partition coefficient (Wildman–Crippen LogP) is 2.21. The number of fused-ring (bicyclic) bond motifs is 1. The topological polar surface area (TPSA) is 72.9 Å². The minimum atomic E-state index is -0.292. The average molecular weight is 300 g/mol. The van der Waals surface area contributed by atoms with Crippen molar-refractivity contribution in [1.29, 1.82) is 0 Å². The molecule has 0 bridgehead atoms. The molecule has 0 saturated heterocycles. The van der Waals surface area contributed by atoms with Crippen molar-refractivity contribution in [2.45, 2.75) is 6.92 Å². The Bertz CT molecular complexity index is 824. The first kappa shape index (κ1) is 14.2. The van der Waals surface area contributed by atoms with Gasteiger partial charge in [0.2, 0.25) is 5.95 Å². The van der Waals surface area contributed by atoms with Gasteiger partial charge in [-0.15, -0.1) is 0 Å². The second-order valence-electron chi connectivity index (χ2n) is 5.10. The van der Waals surface area contributed by atoms with Crippen LogP contribution in [0.1, 0.15) is 6.92 Å². The predicted molar refractivity (Wildman–Crippen MR) is 85.1 cm³/mol. The molecule has 1 aromatic carbocycles. The first-order valence-electron chi connectivity index (χ1n) is 6.98. The van der Waals surface area contributed by atoms with Crippen LogP contribution in [0.4, 0.5) is 16.2 Å². The molecule has 22 heavy (non-hydrogen) atoms. The Hall–Kier alpha value is -2.70. The van der Waals surface area contributed by atoms with E-state index in [1.165, 1.54) is 12.1 Å². The van der Waals surface area contributed by atoms with E-state index in [4.69, 9.17) is 5.73 Å². The van der Waals surface area contributed by atoms with Crippen molar-refractivity contribution < 1.29 is 4.39 Å². The van der Waals surface area contributed by atoms with E-state index in [0.717, 1.165) is 12.1 Å². The lowest BCUT2D eigenvalue weighted by molar-refractivity contribution is 0.628. The van der Waals surface area contributed by atoms with Crippen molar-refractivity contribution in [1.82, 2.24) is 19.7 Å². The maximum atomic E-state index is 13.2. The molecule has 0 amide bonds. The zero-order valence-electron chi connectivity index (χ0n) is 12.7. The number of anilines is 2. The van der Waals surface area contributed by atoms with E-state index in [1.807, 2.05) is 18.9 Å². The van der Waals surface area contributed by atoms with Crippen molar-refractivity contribution >= 4 is 22.8 Å². The molecule has 3 aromatic rings. The summed E-state index contributed by atoms with van der Waals surface area (Å²) >= 11 is 0. The van der Waals surface area contributed by atoms with Crippen molar-refractivity contribution in [3.8, 4) is 11.3 Å². The molecule has 3 rings (SSSR count). The molecule has 0 aliphatic carbocycles. The smallest absolute Gasteiger partial charge is 0.227 e. The second kappa shape index (κ2) is 5.25. The summed E-state index contributed by atoms with van der Waals surface area (Å²) < 4.78 is 14.8. The summed E-state index contributed by atoms with van der Waals surface area (Å²) in [5.41, 5.74) is 8.07. The Balaban J connectivity index is 2.31. The molecular weight excluding hydrogens is 283 g/mol. The Morgan fingerprint density at radius 2 is 1.91 bits per heavy atom. The van der Waals surface area contributed by atoms with Crippen LogP contribution in [-0.2, 0) is 7.05 Å². The van der Waals surface area contributed by atoms with Gasteiger partial charge in [0.15, 0.2) is 5.65 Å². The summed E-state index contributed by atoms with van der Waals surface area (Å²) in [5.74, 6) is 0.756. The highest BCUT2D eigenvalue weighted by Crippen LogP contribution is 2.31. The molecule has 0 saturated carbocycles. The van der Waals surface area contributed by atoms with Crippen LogP contribution >= 0.6 is 0 Å². The van der Waals surface area contributed by atoms with Crippen LogP contribution in [-0.4, -0.2) is 33.3 Å². The van der Waals surface area contributed by atoms with E-state index in [9.17, 15) is 4.39 Å². The minimum absolute atomic E-state index is 0.292. The number of benzene rings is 1.